The van der Waals surface area contributed by atoms with Crippen molar-refractivity contribution in [3.05, 3.63) is 168 Å². The molecule has 320 valence electrons. The zero-order valence-corrected chi connectivity index (χ0v) is 39.3. The third-order valence-corrected chi connectivity index (χ3v) is 12.7. The Balaban J connectivity index is 1.12. The molecule has 9 rings (SSSR count). The van der Waals surface area contributed by atoms with Gasteiger partial charge in [0.05, 0.1) is 22.4 Å². The van der Waals surface area contributed by atoms with Gasteiger partial charge < -0.3 is 14.5 Å². The second-order valence-corrected chi connectivity index (χ2v) is 21.5. The topological polar surface area (TPSA) is 33.5 Å². The molecule has 1 aliphatic heterocycles. The minimum atomic E-state index is -0.0329. The first-order valence-corrected chi connectivity index (χ1v) is 22.5. The Kier molecular flexibility index (Phi) is 10.1. The van der Waals surface area contributed by atoms with Crippen LogP contribution in [0.2, 0.25) is 0 Å². The molecule has 0 saturated carbocycles. The maximum Gasteiger partial charge on any atom is 0.137 e. The van der Waals surface area contributed by atoms with Gasteiger partial charge in [-0.1, -0.05) is 138 Å². The standard InChI is InChI=1S/C58H62N4O/c1-55(2,3)39-17-15-18-42(32-39)60-37-61(52-22-14-13-21-51(52)60)43-19-16-20-44(35-43)63-45-25-27-47-48-31-38(46-26-24-40(56(4,5)6)33-49(46)58(10,11)12)23-28-50(48)62(53(47)36-45)54-34-41(29-30-59-54)57(7,8)9/h13-36H,37H2,1-12H3. The van der Waals surface area contributed by atoms with Crippen molar-refractivity contribution in [2.24, 2.45) is 0 Å². The van der Waals surface area contributed by atoms with Crippen molar-refractivity contribution in [2.45, 2.75) is 105 Å². The molecule has 0 aliphatic carbocycles. The fourth-order valence-corrected chi connectivity index (χ4v) is 9.02. The van der Waals surface area contributed by atoms with Crippen LogP contribution in [0.15, 0.2) is 146 Å². The van der Waals surface area contributed by atoms with Crippen molar-refractivity contribution in [3.63, 3.8) is 0 Å². The molecule has 0 saturated heterocycles. The number of rotatable bonds is 6. The number of para-hydroxylation sites is 2. The molecule has 5 nitrogen and oxygen atoms in total. The van der Waals surface area contributed by atoms with E-state index in [1.807, 2.05) is 12.3 Å². The molecule has 1 aliphatic rings. The van der Waals surface area contributed by atoms with Crippen LogP contribution in [-0.2, 0) is 21.7 Å². The molecule has 6 aromatic carbocycles. The van der Waals surface area contributed by atoms with Crippen molar-refractivity contribution >= 4 is 44.6 Å². The minimum absolute atomic E-state index is 0.0317. The minimum Gasteiger partial charge on any atom is -0.457 e. The number of nitrogens with zero attached hydrogens (tertiary/aromatic N) is 4. The van der Waals surface area contributed by atoms with Crippen LogP contribution in [-0.4, -0.2) is 16.2 Å². The summed E-state index contributed by atoms with van der Waals surface area (Å²) >= 11 is 0. The Bertz CT molecular complexity index is 3020. The number of hydrogen-bond acceptors (Lipinski definition) is 4. The van der Waals surface area contributed by atoms with E-state index in [0.29, 0.717) is 6.67 Å². The fourth-order valence-electron chi connectivity index (χ4n) is 9.02. The highest BCUT2D eigenvalue weighted by Gasteiger charge is 2.29. The van der Waals surface area contributed by atoms with E-state index in [4.69, 9.17) is 9.72 Å². The Labute approximate surface area is 375 Å². The summed E-state index contributed by atoms with van der Waals surface area (Å²) in [6.45, 7) is 28.1. The third-order valence-electron chi connectivity index (χ3n) is 12.7. The number of hydrogen-bond donors (Lipinski definition) is 0. The van der Waals surface area contributed by atoms with E-state index in [-0.39, 0.29) is 21.7 Å². The second-order valence-electron chi connectivity index (χ2n) is 21.5. The van der Waals surface area contributed by atoms with Gasteiger partial charge in [0.15, 0.2) is 0 Å². The first-order valence-electron chi connectivity index (χ1n) is 22.5. The lowest BCUT2D eigenvalue weighted by atomic mass is 9.77. The highest BCUT2D eigenvalue weighted by Crippen LogP contribution is 2.46. The maximum absolute atomic E-state index is 6.81. The van der Waals surface area contributed by atoms with Gasteiger partial charge in [-0.2, -0.15) is 0 Å². The lowest BCUT2D eigenvalue weighted by Crippen LogP contribution is -2.24. The highest BCUT2D eigenvalue weighted by atomic mass is 16.5. The molecule has 3 heterocycles. The molecule has 0 fully saturated rings. The third kappa shape index (κ3) is 7.99. The molecule has 0 unspecified atom stereocenters. The van der Waals surface area contributed by atoms with Gasteiger partial charge in [0.25, 0.3) is 0 Å². The molecule has 0 bridgehead atoms. The van der Waals surface area contributed by atoms with Crippen LogP contribution in [0.4, 0.5) is 22.7 Å². The lowest BCUT2D eigenvalue weighted by molar-refractivity contribution is 0.483. The summed E-state index contributed by atoms with van der Waals surface area (Å²) in [6, 6.07) is 51.0. The predicted octanol–water partition coefficient (Wildman–Crippen LogP) is 16.1. The monoisotopic (exact) mass is 830 g/mol. The van der Waals surface area contributed by atoms with Crippen LogP contribution in [0.1, 0.15) is 105 Å². The van der Waals surface area contributed by atoms with Gasteiger partial charge in [0.1, 0.15) is 24.0 Å². The maximum atomic E-state index is 6.81. The smallest absolute Gasteiger partial charge is 0.137 e. The van der Waals surface area contributed by atoms with Crippen LogP contribution in [0.3, 0.4) is 0 Å². The quantitative estimate of drug-likeness (QED) is 0.167. The van der Waals surface area contributed by atoms with Gasteiger partial charge in [0, 0.05) is 40.5 Å². The van der Waals surface area contributed by atoms with Crippen molar-refractivity contribution < 1.29 is 4.74 Å². The normalized spacial score (nSPS) is 13.6. The summed E-state index contributed by atoms with van der Waals surface area (Å²) in [4.78, 5) is 9.78. The van der Waals surface area contributed by atoms with Crippen LogP contribution in [0.5, 0.6) is 11.5 Å². The van der Waals surface area contributed by atoms with E-state index in [1.165, 1.54) is 55.8 Å². The zero-order chi connectivity index (χ0) is 44.6. The number of pyridine rings is 1. The Morgan fingerprint density at radius 2 is 1.08 bits per heavy atom. The van der Waals surface area contributed by atoms with Crippen molar-refractivity contribution in [1.29, 1.82) is 0 Å². The molecule has 8 aromatic rings. The van der Waals surface area contributed by atoms with E-state index in [2.05, 4.69) is 231 Å². The summed E-state index contributed by atoms with van der Waals surface area (Å²) in [6.07, 6.45) is 1.94. The van der Waals surface area contributed by atoms with E-state index in [0.717, 1.165) is 39.4 Å². The van der Waals surface area contributed by atoms with Crippen LogP contribution in [0, 0.1) is 0 Å². The second kappa shape index (κ2) is 15.2. The van der Waals surface area contributed by atoms with Crippen LogP contribution < -0.4 is 14.5 Å². The van der Waals surface area contributed by atoms with Crippen LogP contribution >= 0.6 is 0 Å². The molecule has 63 heavy (non-hydrogen) atoms. The SMILES string of the molecule is CC(C)(C)c1cccc(N2CN(c3cccc(Oc4ccc5c6cc(-c7ccc(C(C)(C)C)cc7C(C)(C)C)ccc6n(-c6cc(C(C)(C)C)ccn6)c5c4)c3)c3ccccc32)c1. The summed E-state index contributed by atoms with van der Waals surface area (Å²) in [7, 11) is 0. The molecule has 2 aromatic heterocycles. The van der Waals surface area contributed by atoms with Gasteiger partial charge in [0.2, 0.25) is 0 Å². The average molecular weight is 831 g/mol. The first-order chi connectivity index (χ1) is 29.7. The van der Waals surface area contributed by atoms with E-state index in [9.17, 15) is 0 Å². The van der Waals surface area contributed by atoms with Gasteiger partial charge in [-0.25, -0.2) is 4.98 Å². The lowest BCUT2D eigenvalue weighted by Gasteiger charge is -2.27. The number of benzene rings is 6. The largest absolute Gasteiger partial charge is 0.457 e. The molecule has 5 heteroatoms. The first kappa shape index (κ1) is 42.0. The van der Waals surface area contributed by atoms with Gasteiger partial charge in [-0.15, -0.1) is 0 Å². The summed E-state index contributed by atoms with van der Waals surface area (Å²) in [5, 5.41) is 2.34. The van der Waals surface area contributed by atoms with E-state index >= 15 is 0 Å². The Morgan fingerprint density at radius 1 is 0.460 bits per heavy atom. The molecule has 0 spiro atoms. The van der Waals surface area contributed by atoms with Gasteiger partial charge in [-0.05, 0) is 128 Å². The molecular weight excluding hydrogens is 769 g/mol. The van der Waals surface area contributed by atoms with Crippen molar-refractivity contribution in [1.82, 2.24) is 9.55 Å². The zero-order valence-electron chi connectivity index (χ0n) is 39.3. The molecule has 0 radical (unpaired) electrons. The highest BCUT2D eigenvalue weighted by molar-refractivity contribution is 6.11. The van der Waals surface area contributed by atoms with E-state index in [1.54, 1.807) is 0 Å². The number of aromatic nitrogens is 2. The summed E-state index contributed by atoms with van der Waals surface area (Å²) in [5.74, 6) is 2.44. The van der Waals surface area contributed by atoms with Crippen LogP contribution in [0.25, 0.3) is 38.8 Å². The molecule has 0 N–H and O–H groups in total. The average Bonchev–Trinajstić information content (AvgIpc) is 3.78. The molecule has 0 amide bonds. The van der Waals surface area contributed by atoms with Crippen molar-refractivity contribution in [3.8, 4) is 28.4 Å². The van der Waals surface area contributed by atoms with Gasteiger partial charge >= 0.3 is 0 Å². The number of anilines is 4. The van der Waals surface area contributed by atoms with Gasteiger partial charge in [-0.3, -0.25) is 4.57 Å². The summed E-state index contributed by atoms with van der Waals surface area (Å²) in [5.41, 5.74) is 14.6. The Hall–Kier alpha value is -6.33. The molecule has 0 atom stereocenters. The van der Waals surface area contributed by atoms with Crippen molar-refractivity contribution in [2.75, 3.05) is 16.5 Å². The number of ether oxygens (including phenoxy) is 1. The Morgan fingerprint density at radius 3 is 1.75 bits per heavy atom. The molecular formula is C58H62N4O. The summed E-state index contributed by atoms with van der Waals surface area (Å²) < 4.78 is 9.13. The van der Waals surface area contributed by atoms with E-state index < -0.39 is 0 Å². The predicted molar refractivity (Wildman–Crippen MR) is 267 cm³/mol. The fraction of sp³-hybridized carbons (Fsp3) is 0.293. The number of fused-ring (bicyclic) bond motifs is 4.